The minimum Gasteiger partial charge on any atom is -0.491 e. The fourth-order valence-electron chi connectivity index (χ4n) is 1.34. The van der Waals surface area contributed by atoms with Crippen molar-refractivity contribution in [1.82, 2.24) is 0 Å². The van der Waals surface area contributed by atoms with Crippen molar-refractivity contribution in [2.75, 3.05) is 7.11 Å². The summed E-state index contributed by atoms with van der Waals surface area (Å²) >= 11 is 5.90. The fourth-order valence-corrected chi connectivity index (χ4v) is 1.58. The lowest BCUT2D eigenvalue weighted by Crippen LogP contribution is -2.20. The first kappa shape index (κ1) is 14.5. The van der Waals surface area contributed by atoms with Gasteiger partial charge in [-0.25, -0.2) is 4.79 Å². The third-order valence-electron chi connectivity index (χ3n) is 2.16. The summed E-state index contributed by atoms with van der Waals surface area (Å²) in [5.74, 6) is -1.04. The molecule has 18 heavy (non-hydrogen) atoms. The van der Waals surface area contributed by atoms with E-state index in [0.717, 1.165) is 7.11 Å². The number of esters is 1. The number of hydrogen-bond acceptors (Lipinski definition) is 4. The molecule has 0 saturated carbocycles. The number of carbonyl (C=O) groups is 2. The summed E-state index contributed by atoms with van der Waals surface area (Å²) in [6, 6.07) is 6.71. The quantitative estimate of drug-likeness (QED) is 0.469. The molecule has 0 spiro atoms. The van der Waals surface area contributed by atoms with Gasteiger partial charge in [-0.1, -0.05) is 12.1 Å². The molecule has 0 bridgehead atoms. The number of hydrogen-bond donors (Lipinski definition) is 0. The molecule has 1 rings (SSSR count). The van der Waals surface area contributed by atoms with E-state index in [9.17, 15) is 9.59 Å². The van der Waals surface area contributed by atoms with E-state index in [1.165, 1.54) is 0 Å². The average molecular weight is 271 g/mol. The van der Waals surface area contributed by atoms with Gasteiger partial charge in [-0.3, -0.25) is 4.79 Å². The molecule has 0 aliphatic carbocycles. The van der Waals surface area contributed by atoms with Crippen molar-refractivity contribution >= 4 is 23.4 Å². The SMILES string of the molecule is COC(=O)C(=O)C(Cl)c1ccc(OC(C)C)cc1. The van der Waals surface area contributed by atoms with Crippen LogP contribution in [0.15, 0.2) is 24.3 Å². The predicted molar refractivity (Wildman–Crippen MR) is 67.8 cm³/mol. The smallest absolute Gasteiger partial charge is 0.376 e. The highest BCUT2D eigenvalue weighted by molar-refractivity contribution is 6.47. The van der Waals surface area contributed by atoms with E-state index in [1.807, 2.05) is 13.8 Å². The van der Waals surface area contributed by atoms with Crippen LogP contribution in [0.5, 0.6) is 5.75 Å². The number of Topliss-reactive ketones (excluding diaryl/α,β-unsaturated/α-hetero) is 1. The third kappa shape index (κ3) is 3.74. The second-order valence-corrected chi connectivity index (χ2v) is 4.39. The largest absolute Gasteiger partial charge is 0.491 e. The van der Waals surface area contributed by atoms with E-state index in [4.69, 9.17) is 16.3 Å². The van der Waals surface area contributed by atoms with Crippen molar-refractivity contribution in [3.8, 4) is 5.75 Å². The van der Waals surface area contributed by atoms with Crippen molar-refractivity contribution in [2.45, 2.75) is 25.3 Å². The van der Waals surface area contributed by atoms with Crippen LogP contribution in [0, 0.1) is 0 Å². The number of ketones is 1. The summed E-state index contributed by atoms with van der Waals surface area (Å²) in [5.41, 5.74) is 0.531. The molecule has 0 radical (unpaired) electrons. The number of carbonyl (C=O) groups excluding carboxylic acids is 2. The molecule has 0 amide bonds. The molecule has 1 unspecified atom stereocenters. The van der Waals surface area contributed by atoms with Crippen molar-refractivity contribution in [3.63, 3.8) is 0 Å². The van der Waals surface area contributed by atoms with Crippen LogP contribution in [0.25, 0.3) is 0 Å². The van der Waals surface area contributed by atoms with Crippen LogP contribution in [0.2, 0.25) is 0 Å². The zero-order valence-corrected chi connectivity index (χ0v) is 11.2. The first-order chi connectivity index (χ1) is 8.45. The maximum atomic E-state index is 11.5. The molecule has 0 heterocycles. The van der Waals surface area contributed by atoms with E-state index in [-0.39, 0.29) is 6.10 Å². The minimum atomic E-state index is -1.04. The van der Waals surface area contributed by atoms with Gasteiger partial charge in [0, 0.05) is 0 Å². The summed E-state index contributed by atoms with van der Waals surface area (Å²) in [6.45, 7) is 3.83. The number of benzene rings is 1. The van der Waals surface area contributed by atoms with Gasteiger partial charge in [-0.2, -0.15) is 0 Å². The first-order valence-electron chi connectivity index (χ1n) is 5.48. The molecule has 0 aromatic heterocycles. The Morgan fingerprint density at radius 3 is 2.17 bits per heavy atom. The van der Waals surface area contributed by atoms with Crippen LogP contribution in [0.1, 0.15) is 24.8 Å². The second-order valence-electron chi connectivity index (χ2n) is 3.95. The van der Waals surface area contributed by atoms with Crippen LogP contribution in [-0.2, 0) is 14.3 Å². The van der Waals surface area contributed by atoms with Crippen molar-refractivity contribution in [2.24, 2.45) is 0 Å². The summed E-state index contributed by atoms with van der Waals surface area (Å²) in [7, 11) is 1.14. The van der Waals surface area contributed by atoms with E-state index in [0.29, 0.717) is 11.3 Å². The maximum absolute atomic E-state index is 11.5. The van der Waals surface area contributed by atoms with Gasteiger partial charge in [0.15, 0.2) is 0 Å². The number of rotatable bonds is 5. The Morgan fingerprint density at radius 1 is 1.17 bits per heavy atom. The number of halogens is 1. The number of alkyl halides is 1. The molecule has 4 nitrogen and oxygen atoms in total. The molecule has 1 aromatic carbocycles. The van der Waals surface area contributed by atoms with E-state index in [2.05, 4.69) is 4.74 Å². The van der Waals surface area contributed by atoms with Crippen LogP contribution in [0.3, 0.4) is 0 Å². The van der Waals surface area contributed by atoms with Gasteiger partial charge in [0.2, 0.25) is 0 Å². The van der Waals surface area contributed by atoms with E-state index < -0.39 is 17.1 Å². The molecular formula is C13H15ClO4. The Morgan fingerprint density at radius 2 is 1.72 bits per heavy atom. The standard InChI is InChI=1S/C13H15ClO4/c1-8(2)18-10-6-4-9(5-7-10)11(14)12(15)13(16)17-3/h4-8,11H,1-3H3. The lowest BCUT2D eigenvalue weighted by molar-refractivity contribution is -0.151. The lowest BCUT2D eigenvalue weighted by Gasteiger charge is -2.11. The lowest BCUT2D eigenvalue weighted by atomic mass is 10.1. The van der Waals surface area contributed by atoms with Crippen molar-refractivity contribution in [1.29, 1.82) is 0 Å². The van der Waals surface area contributed by atoms with Gasteiger partial charge >= 0.3 is 5.97 Å². The Kier molecular flexibility index (Phi) is 5.16. The molecule has 5 heteroatoms. The van der Waals surface area contributed by atoms with Crippen LogP contribution >= 0.6 is 11.6 Å². The van der Waals surface area contributed by atoms with Gasteiger partial charge in [0.25, 0.3) is 5.78 Å². The van der Waals surface area contributed by atoms with Crippen molar-refractivity contribution < 1.29 is 19.1 Å². The number of methoxy groups -OCH3 is 1. The molecule has 1 atom stereocenters. The summed E-state index contributed by atoms with van der Waals surface area (Å²) < 4.78 is 9.79. The summed E-state index contributed by atoms with van der Waals surface area (Å²) in [4.78, 5) is 22.6. The van der Waals surface area contributed by atoms with Crippen LogP contribution in [-0.4, -0.2) is 25.0 Å². The Bertz CT molecular complexity index is 425. The summed E-state index contributed by atoms with van der Waals surface area (Å²) in [6.07, 6.45) is 0.0688. The molecule has 98 valence electrons. The van der Waals surface area contributed by atoms with Gasteiger partial charge in [0.05, 0.1) is 13.2 Å². The Balaban J connectivity index is 2.78. The Labute approximate surface area is 111 Å². The minimum absolute atomic E-state index is 0.0688. The zero-order valence-electron chi connectivity index (χ0n) is 10.5. The molecule has 0 aliphatic rings. The average Bonchev–Trinajstić information content (AvgIpc) is 2.36. The predicted octanol–water partition coefficient (Wildman–Crippen LogP) is 2.50. The van der Waals surface area contributed by atoms with Crippen molar-refractivity contribution in [3.05, 3.63) is 29.8 Å². The Hall–Kier alpha value is -1.55. The number of ether oxygens (including phenoxy) is 2. The zero-order chi connectivity index (χ0) is 13.7. The monoisotopic (exact) mass is 270 g/mol. The first-order valence-corrected chi connectivity index (χ1v) is 5.92. The highest BCUT2D eigenvalue weighted by atomic mass is 35.5. The van der Waals surface area contributed by atoms with Gasteiger partial charge < -0.3 is 9.47 Å². The topological polar surface area (TPSA) is 52.6 Å². The van der Waals surface area contributed by atoms with Crippen LogP contribution in [0.4, 0.5) is 0 Å². The van der Waals surface area contributed by atoms with Gasteiger partial charge in [0.1, 0.15) is 11.1 Å². The fraction of sp³-hybridized carbons (Fsp3) is 0.385. The van der Waals surface area contributed by atoms with Crippen LogP contribution < -0.4 is 4.74 Å². The highest BCUT2D eigenvalue weighted by Gasteiger charge is 2.25. The highest BCUT2D eigenvalue weighted by Crippen LogP contribution is 2.24. The molecule has 0 fully saturated rings. The third-order valence-corrected chi connectivity index (χ3v) is 2.61. The van der Waals surface area contributed by atoms with E-state index >= 15 is 0 Å². The maximum Gasteiger partial charge on any atom is 0.376 e. The normalized spacial score (nSPS) is 12.1. The molecule has 0 aliphatic heterocycles. The van der Waals surface area contributed by atoms with E-state index in [1.54, 1.807) is 24.3 Å². The van der Waals surface area contributed by atoms with Gasteiger partial charge in [-0.15, -0.1) is 11.6 Å². The summed E-state index contributed by atoms with van der Waals surface area (Å²) in [5, 5.41) is -1.04. The van der Waals surface area contributed by atoms with Gasteiger partial charge in [-0.05, 0) is 31.5 Å². The second kappa shape index (κ2) is 6.40. The molecule has 0 saturated heterocycles. The molecule has 0 N–H and O–H groups in total. The molecule has 1 aromatic rings. The molecular weight excluding hydrogens is 256 g/mol.